The maximum atomic E-state index is 11.7. The Morgan fingerprint density at radius 1 is 1.35 bits per heavy atom. The van der Waals surface area contributed by atoms with Gasteiger partial charge in [-0.25, -0.2) is 0 Å². The summed E-state index contributed by atoms with van der Waals surface area (Å²) >= 11 is 5.84. The normalized spacial score (nSPS) is 10.6. The van der Waals surface area contributed by atoms with Crippen molar-refractivity contribution in [3.8, 4) is 0 Å². The van der Waals surface area contributed by atoms with E-state index in [1.165, 1.54) is 0 Å². The monoisotopic (exact) mass is 254 g/mol. The molecule has 3 nitrogen and oxygen atoms in total. The predicted octanol–water partition coefficient (Wildman–Crippen LogP) is 3.01. The minimum absolute atomic E-state index is 0.0270. The van der Waals surface area contributed by atoms with Gasteiger partial charge in [0, 0.05) is 23.7 Å². The number of carbonyl (C=O) groups is 1. The average molecular weight is 255 g/mol. The summed E-state index contributed by atoms with van der Waals surface area (Å²) in [6.45, 7) is 6.93. The van der Waals surface area contributed by atoms with Crippen molar-refractivity contribution >= 4 is 23.2 Å². The second-order valence-corrected chi connectivity index (χ2v) is 4.27. The lowest BCUT2D eigenvalue weighted by atomic mass is 10.3. The Balaban J connectivity index is 2.39. The fourth-order valence-corrected chi connectivity index (χ4v) is 1.78. The van der Waals surface area contributed by atoms with Gasteiger partial charge in [-0.15, -0.1) is 0 Å². The van der Waals surface area contributed by atoms with Gasteiger partial charge in [0.05, 0.1) is 0 Å². The highest BCUT2D eigenvalue weighted by atomic mass is 35.5. The van der Waals surface area contributed by atoms with E-state index in [0.29, 0.717) is 11.4 Å². The highest BCUT2D eigenvalue weighted by Crippen LogP contribution is 2.14. The van der Waals surface area contributed by atoms with Crippen LogP contribution in [0.1, 0.15) is 20.3 Å². The number of carbonyl (C=O) groups excluding carboxylic acids is 1. The molecule has 0 heterocycles. The molecular formula is C13H19ClN2O. The van der Waals surface area contributed by atoms with Gasteiger partial charge in [-0.05, 0) is 31.3 Å². The zero-order chi connectivity index (χ0) is 12.7. The standard InChI is InChI=1S/C13H19ClN2O/c1-3-16(4-2)9-8-13(17)15-12-7-5-6-11(14)10-12/h5-7,10H,3-4,8-9H2,1-2H3,(H,15,17). The summed E-state index contributed by atoms with van der Waals surface area (Å²) in [6.07, 6.45) is 0.508. The van der Waals surface area contributed by atoms with Gasteiger partial charge >= 0.3 is 0 Å². The van der Waals surface area contributed by atoms with Gasteiger partial charge in [-0.1, -0.05) is 31.5 Å². The Labute approximate surface area is 108 Å². The van der Waals surface area contributed by atoms with Crippen molar-refractivity contribution in [3.63, 3.8) is 0 Å². The van der Waals surface area contributed by atoms with E-state index >= 15 is 0 Å². The van der Waals surface area contributed by atoms with E-state index < -0.39 is 0 Å². The Morgan fingerprint density at radius 3 is 2.65 bits per heavy atom. The maximum absolute atomic E-state index is 11.7. The molecular weight excluding hydrogens is 236 g/mol. The molecule has 4 heteroatoms. The topological polar surface area (TPSA) is 32.3 Å². The van der Waals surface area contributed by atoms with Crippen molar-refractivity contribution in [2.24, 2.45) is 0 Å². The molecule has 0 aliphatic carbocycles. The van der Waals surface area contributed by atoms with E-state index in [4.69, 9.17) is 11.6 Å². The van der Waals surface area contributed by atoms with E-state index in [2.05, 4.69) is 24.1 Å². The van der Waals surface area contributed by atoms with Crippen molar-refractivity contribution in [2.45, 2.75) is 20.3 Å². The summed E-state index contributed by atoms with van der Waals surface area (Å²) in [7, 11) is 0. The van der Waals surface area contributed by atoms with Crippen molar-refractivity contribution in [1.82, 2.24) is 4.90 Å². The molecule has 0 aliphatic rings. The first-order valence-electron chi connectivity index (χ1n) is 5.93. The minimum atomic E-state index is 0.0270. The summed E-state index contributed by atoms with van der Waals surface area (Å²) in [5.74, 6) is 0.0270. The quantitative estimate of drug-likeness (QED) is 0.846. The van der Waals surface area contributed by atoms with Crippen LogP contribution in [0.2, 0.25) is 5.02 Å². The molecule has 0 unspecified atom stereocenters. The lowest BCUT2D eigenvalue weighted by Gasteiger charge is -2.17. The molecule has 1 N–H and O–H groups in total. The van der Waals surface area contributed by atoms with Crippen LogP contribution in [-0.4, -0.2) is 30.4 Å². The lowest BCUT2D eigenvalue weighted by Crippen LogP contribution is -2.27. The Bertz CT molecular complexity index is 364. The zero-order valence-corrected chi connectivity index (χ0v) is 11.1. The molecule has 0 saturated carbocycles. The second-order valence-electron chi connectivity index (χ2n) is 3.84. The molecule has 0 saturated heterocycles. The molecule has 1 aromatic rings. The highest BCUT2D eigenvalue weighted by molar-refractivity contribution is 6.30. The van der Waals surface area contributed by atoms with Crippen molar-refractivity contribution < 1.29 is 4.79 Å². The van der Waals surface area contributed by atoms with Gasteiger partial charge in [0.25, 0.3) is 0 Å². The average Bonchev–Trinajstić information content (AvgIpc) is 2.30. The molecule has 1 amide bonds. The number of amides is 1. The summed E-state index contributed by atoms with van der Waals surface area (Å²) < 4.78 is 0. The van der Waals surface area contributed by atoms with Crippen LogP contribution in [0.3, 0.4) is 0 Å². The lowest BCUT2D eigenvalue weighted by molar-refractivity contribution is -0.116. The van der Waals surface area contributed by atoms with Gasteiger partial charge in [0.1, 0.15) is 0 Å². The molecule has 94 valence electrons. The third-order valence-electron chi connectivity index (χ3n) is 2.66. The van der Waals surface area contributed by atoms with E-state index in [0.717, 1.165) is 25.3 Å². The van der Waals surface area contributed by atoms with Crippen molar-refractivity contribution in [3.05, 3.63) is 29.3 Å². The number of halogens is 1. The molecule has 0 spiro atoms. The third kappa shape index (κ3) is 5.20. The van der Waals surface area contributed by atoms with Gasteiger partial charge in [-0.2, -0.15) is 0 Å². The smallest absolute Gasteiger partial charge is 0.225 e. The largest absolute Gasteiger partial charge is 0.326 e. The Kier molecular flexibility index (Phi) is 6.01. The number of hydrogen-bond acceptors (Lipinski definition) is 2. The van der Waals surface area contributed by atoms with Crippen LogP contribution in [0, 0.1) is 0 Å². The summed E-state index contributed by atoms with van der Waals surface area (Å²) in [6, 6.07) is 7.19. The van der Waals surface area contributed by atoms with Crippen LogP contribution in [0.15, 0.2) is 24.3 Å². The van der Waals surface area contributed by atoms with Crippen LogP contribution in [0.4, 0.5) is 5.69 Å². The number of benzene rings is 1. The van der Waals surface area contributed by atoms with Crippen molar-refractivity contribution in [2.75, 3.05) is 25.0 Å². The molecule has 0 bridgehead atoms. The van der Waals surface area contributed by atoms with Crippen LogP contribution in [0.25, 0.3) is 0 Å². The molecule has 0 fully saturated rings. The summed E-state index contributed by atoms with van der Waals surface area (Å²) in [5.41, 5.74) is 0.752. The van der Waals surface area contributed by atoms with Crippen molar-refractivity contribution in [1.29, 1.82) is 0 Å². The molecule has 1 rings (SSSR count). The van der Waals surface area contributed by atoms with Crippen LogP contribution < -0.4 is 5.32 Å². The zero-order valence-electron chi connectivity index (χ0n) is 10.4. The number of hydrogen-bond donors (Lipinski definition) is 1. The van der Waals surface area contributed by atoms with E-state index in [-0.39, 0.29) is 5.91 Å². The van der Waals surface area contributed by atoms with Crippen LogP contribution in [-0.2, 0) is 4.79 Å². The van der Waals surface area contributed by atoms with E-state index in [9.17, 15) is 4.79 Å². The maximum Gasteiger partial charge on any atom is 0.225 e. The Morgan fingerprint density at radius 2 is 2.06 bits per heavy atom. The molecule has 0 aromatic heterocycles. The molecule has 0 radical (unpaired) electrons. The van der Waals surface area contributed by atoms with Gasteiger partial charge < -0.3 is 10.2 Å². The number of nitrogens with one attached hydrogen (secondary N) is 1. The first-order valence-corrected chi connectivity index (χ1v) is 6.31. The fraction of sp³-hybridized carbons (Fsp3) is 0.462. The van der Waals surface area contributed by atoms with Crippen LogP contribution in [0.5, 0.6) is 0 Å². The van der Waals surface area contributed by atoms with Gasteiger partial charge in [-0.3, -0.25) is 4.79 Å². The highest BCUT2D eigenvalue weighted by Gasteiger charge is 2.05. The van der Waals surface area contributed by atoms with E-state index in [1.54, 1.807) is 12.1 Å². The SMILES string of the molecule is CCN(CC)CCC(=O)Nc1cccc(Cl)c1. The summed E-state index contributed by atoms with van der Waals surface area (Å²) in [5, 5.41) is 3.47. The Hall–Kier alpha value is -1.06. The van der Waals surface area contributed by atoms with Gasteiger partial charge in [0.2, 0.25) is 5.91 Å². The molecule has 17 heavy (non-hydrogen) atoms. The molecule has 1 aromatic carbocycles. The number of rotatable bonds is 6. The van der Waals surface area contributed by atoms with E-state index in [1.807, 2.05) is 12.1 Å². The predicted molar refractivity (Wildman–Crippen MR) is 72.5 cm³/mol. The number of nitrogens with zero attached hydrogens (tertiary/aromatic N) is 1. The minimum Gasteiger partial charge on any atom is -0.326 e. The third-order valence-corrected chi connectivity index (χ3v) is 2.89. The molecule has 0 aliphatic heterocycles. The van der Waals surface area contributed by atoms with Gasteiger partial charge in [0.15, 0.2) is 0 Å². The fourth-order valence-electron chi connectivity index (χ4n) is 1.59. The number of anilines is 1. The first-order chi connectivity index (χ1) is 8.15. The first kappa shape index (κ1) is 14.0. The second kappa shape index (κ2) is 7.30. The molecule has 0 atom stereocenters. The van der Waals surface area contributed by atoms with Crippen LogP contribution >= 0.6 is 11.6 Å². The summed E-state index contributed by atoms with van der Waals surface area (Å²) in [4.78, 5) is 13.9.